The first kappa shape index (κ1) is 14.8. The van der Waals surface area contributed by atoms with Crippen LogP contribution in [0.4, 0.5) is 0 Å². The number of ether oxygens (including phenoxy) is 2. The van der Waals surface area contributed by atoms with Crippen molar-refractivity contribution in [2.24, 2.45) is 0 Å². The van der Waals surface area contributed by atoms with Crippen molar-refractivity contribution in [3.05, 3.63) is 41.2 Å². The summed E-state index contributed by atoms with van der Waals surface area (Å²) in [7, 11) is 2.42. The number of carbonyl (C=O) groups excluding carboxylic acids is 2. The van der Waals surface area contributed by atoms with Crippen LogP contribution in [0.1, 0.15) is 33.4 Å². The van der Waals surface area contributed by atoms with Crippen LogP contribution in [0.5, 0.6) is 0 Å². The predicted octanol–water partition coefficient (Wildman–Crippen LogP) is 2.48. The van der Waals surface area contributed by atoms with Gasteiger partial charge in [0.1, 0.15) is 11.3 Å². The van der Waals surface area contributed by atoms with E-state index in [-0.39, 0.29) is 17.0 Å². The zero-order chi connectivity index (χ0) is 15.4. The molecule has 0 unspecified atom stereocenters. The Kier molecular flexibility index (Phi) is 4.37. The van der Waals surface area contributed by atoms with E-state index in [0.29, 0.717) is 5.56 Å². The van der Waals surface area contributed by atoms with Gasteiger partial charge in [-0.05, 0) is 12.0 Å². The minimum atomic E-state index is -0.778. The molecule has 0 spiro atoms. The zero-order valence-electron chi connectivity index (χ0n) is 12.0. The second-order valence-electron chi connectivity index (χ2n) is 4.27. The molecule has 6 nitrogen and oxygen atoms in total. The first-order chi connectivity index (χ1) is 10.1. The van der Waals surface area contributed by atoms with Gasteiger partial charge in [0.05, 0.1) is 14.2 Å². The molecule has 0 fully saturated rings. The second kappa shape index (κ2) is 6.21. The fraction of sp³-hybridized carbons (Fsp3) is 0.267. The van der Waals surface area contributed by atoms with Gasteiger partial charge < -0.3 is 14.0 Å². The monoisotopic (exact) mass is 289 g/mol. The molecule has 6 heteroatoms. The minimum Gasteiger partial charge on any atom is -0.465 e. The largest absolute Gasteiger partial charge is 0.465 e. The van der Waals surface area contributed by atoms with E-state index >= 15 is 0 Å². The van der Waals surface area contributed by atoms with E-state index in [0.717, 1.165) is 12.0 Å². The van der Waals surface area contributed by atoms with Gasteiger partial charge in [-0.1, -0.05) is 36.3 Å². The smallest absolute Gasteiger partial charge is 0.377 e. The molecule has 0 aliphatic heterocycles. The maximum absolute atomic E-state index is 11.9. The summed E-state index contributed by atoms with van der Waals surface area (Å²) >= 11 is 0. The maximum Gasteiger partial charge on any atom is 0.377 e. The third-order valence-electron chi connectivity index (χ3n) is 3.09. The number of methoxy groups -OCH3 is 2. The molecule has 0 bridgehead atoms. The number of nitrogens with zero attached hydrogens (tertiary/aromatic N) is 1. The SMILES string of the molecule is CCc1ccc(-c2noc(C(=O)OC)c2C(=O)OC)cc1. The zero-order valence-corrected chi connectivity index (χ0v) is 12.0. The van der Waals surface area contributed by atoms with E-state index < -0.39 is 11.9 Å². The Bertz CT molecular complexity index is 657. The molecule has 1 heterocycles. The van der Waals surface area contributed by atoms with Crippen LogP contribution in [0, 0.1) is 0 Å². The molecule has 0 aliphatic carbocycles. The second-order valence-corrected chi connectivity index (χ2v) is 4.27. The normalized spacial score (nSPS) is 10.2. The average molecular weight is 289 g/mol. The summed E-state index contributed by atoms with van der Waals surface area (Å²) in [5.41, 5.74) is 2.03. The van der Waals surface area contributed by atoms with Crippen LogP contribution >= 0.6 is 0 Å². The molecule has 2 aromatic rings. The molecule has 0 atom stereocenters. The highest BCUT2D eigenvalue weighted by atomic mass is 16.6. The number of esters is 2. The molecule has 0 aliphatic rings. The fourth-order valence-electron chi connectivity index (χ4n) is 1.91. The Morgan fingerprint density at radius 1 is 1.10 bits per heavy atom. The van der Waals surface area contributed by atoms with E-state index in [2.05, 4.69) is 9.89 Å². The molecule has 110 valence electrons. The quantitative estimate of drug-likeness (QED) is 0.804. The minimum absolute atomic E-state index is 0.0337. The summed E-state index contributed by atoms with van der Waals surface area (Å²) in [6, 6.07) is 7.46. The van der Waals surface area contributed by atoms with E-state index in [9.17, 15) is 9.59 Å². The van der Waals surface area contributed by atoms with Gasteiger partial charge in [-0.2, -0.15) is 0 Å². The van der Waals surface area contributed by atoms with Crippen molar-refractivity contribution in [1.29, 1.82) is 0 Å². The number of hydrogen-bond acceptors (Lipinski definition) is 6. The van der Waals surface area contributed by atoms with Gasteiger partial charge in [-0.15, -0.1) is 0 Å². The summed E-state index contributed by atoms with van der Waals surface area (Å²) in [6.45, 7) is 2.04. The van der Waals surface area contributed by atoms with Crippen molar-refractivity contribution in [3.8, 4) is 11.3 Å². The van der Waals surface area contributed by atoms with Gasteiger partial charge in [-0.25, -0.2) is 9.59 Å². The standard InChI is InChI=1S/C15H15NO5/c1-4-9-5-7-10(8-6-9)12-11(14(17)19-2)13(21-16-12)15(18)20-3/h5-8H,4H2,1-3H3. The van der Waals surface area contributed by atoms with Crippen molar-refractivity contribution in [2.75, 3.05) is 14.2 Å². The topological polar surface area (TPSA) is 78.6 Å². The molecular weight excluding hydrogens is 274 g/mol. The number of benzene rings is 1. The van der Waals surface area contributed by atoms with Crippen molar-refractivity contribution in [3.63, 3.8) is 0 Å². The van der Waals surface area contributed by atoms with Crippen molar-refractivity contribution >= 4 is 11.9 Å². The van der Waals surface area contributed by atoms with E-state index in [4.69, 9.17) is 9.26 Å². The molecule has 0 radical (unpaired) electrons. The predicted molar refractivity (Wildman–Crippen MR) is 74.0 cm³/mol. The lowest BCUT2D eigenvalue weighted by molar-refractivity contribution is 0.0521. The van der Waals surface area contributed by atoms with Crippen molar-refractivity contribution < 1.29 is 23.6 Å². The fourth-order valence-corrected chi connectivity index (χ4v) is 1.91. The first-order valence-corrected chi connectivity index (χ1v) is 6.38. The van der Waals surface area contributed by atoms with Crippen molar-refractivity contribution in [1.82, 2.24) is 5.16 Å². The lowest BCUT2D eigenvalue weighted by atomic mass is 10.0. The van der Waals surface area contributed by atoms with E-state index in [1.807, 2.05) is 31.2 Å². The highest BCUT2D eigenvalue weighted by Crippen LogP contribution is 2.27. The van der Waals surface area contributed by atoms with Crippen LogP contribution in [0.15, 0.2) is 28.8 Å². The Morgan fingerprint density at radius 2 is 1.71 bits per heavy atom. The van der Waals surface area contributed by atoms with Gasteiger partial charge in [0, 0.05) is 5.56 Å². The highest BCUT2D eigenvalue weighted by molar-refractivity contribution is 6.05. The Morgan fingerprint density at radius 3 is 2.24 bits per heavy atom. The molecule has 2 rings (SSSR count). The van der Waals surface area contributed by atoms with Crippen LogP contribution in [-0.2, 0) is 15.9 Å². The summed E-state index contributed by atoms with van der Waals surface area (Å²) in [5, 5.41) is 3.80. The summed E-state index contributed by atoms with van der Waals surface area (Å²) in [4.78, 5) is 23.5. The van der Waals surface area contributed by atoms with Gasteiger partial charge >= 0.3 is 11.9 Å². The highest BCUT2D eigenvalue weighted by Gasteiger charge is 2.29. The molecule has 21 heavy (non-hydrogen) atoms. The van der Waals surface area contributed by atoms with Crippen LogP contribution < -0.4 is 0 Å². The molecular formula is C15H15NO5. The van der Waals surface area contributed by atoms with Gasteiger partial charge in [0.25, 0.3) is 5.76 Å². The number of rotatable bonds is 4. The van der Waals surface area contributed by atoms with Crippen LogP contribution in [0.2, 0.25) is 0 Å². The number of carbonyl (C=O) groups is 2. The molecule has 1 aromatic heterocycles. The van der Waals surface area contributed by atoms with Gasteiger partial charge in [-0.3, -0.25) is 0 Å². The lowest BCUT2D eigenvalue weighted by Crippen LogP contribution is -2.10. The summed E-state index contributed by atoms with van der Waals surface area (Å²) in [5.74, 6) is -1.75. The molecule has 0 saturated heterocycles. The number of hydrogen-bond donors (Lipinski definition) is 0. The van der Waals surface area contributed by atoms with Crippen LogP contribution in [-0.4, -0.2) is 31.3 Å². The third kappa shape index (κ3) is 2.79. The molecule has 1 aromatic carbocycles. The summed E-state index contributed by atoms with van der Waals surface area (Å²) < 4.78 is 14.2. The molecule has 0 amide bonds. The Hall–Kier alpha value is -2.63. The third-order valence-corrected chi connectivity index (χ3v) is 3.09. The van der Waals surface area contributed by atoms with E-state index in [1.165, 1.54) is 14.2 Å². The van der Waals surface area contributed by atoms with Crippen molar-refractivity contribution in [2.45, 2.75) is 13.3 Å². The molecule has 0 N–H and O–H groups in total. The molecule has 0 saturated carbocycles. The Labute approximate surface area is 121 Å². The number of aryl methyl sites for hydroxylation is 1. The van der Waals surface area contributed by atoms with Crippen LogP contribution in [0.25, 0.3) is 11.3 Å². The first-order valence-electron chi connectivity index (χ1n) is 6.38. The Balaban J connectivity index is 2.54. The maximum atomic E-state index is 11.9. The summed E-state index contributed by atoms with van der Waals surface area (Å²) in [6.07, 6.45) is 0.899. The lowest BCUT2D eigenvalue weighted by Gasteiger charge is -2.03. The van der Waals surface area contributed by atoms with Gasteiger partial charge in [0.15, 0.2) is 0 Å². The average Bonchev–Trinajstić information content (AvgIpc) is 2.98. The number of aromatic nitrogens is 1. The van der Waals surface area contributed by atoms with E-state index in [1.54, 1.807) is 0 Å². The van der Waals surface area contributed by atoms with Gasteiger partial charge in [0.2, 0.25) is 0 Å². The van der Waals surface area contributed by atoms with Crippen LogP contribution in [0.3, 0.4) is 0 Å².